The first kappa shape index (κ1) is 8.72. The molecule has 0 aliphatic heterocycles. The van der Waals surface area contributed by atoms with Gasteiger partial charge in [0, 0.05) is 5.38 Å². The molecule has 0 aliphatic carbocycles. The van der Waals surface area contributed by atoms with Gasteiger partial charge in [-0.15, -0.1) is 22.9 Å². The van der Waals surface area contributed by atoms with Gasteiger partial charge in [0.1, 0.15) is 0 Å². The number of hydrogen-bond donors (Lipinski definition) is 1. The van der Waals surface area contributed by atoms with Crippen LogP contribution in [0.4, 0.5) is 5.13 Å². The lowest BCUT2D eigenvalue weighted by molar-refractivity contribution is 1.23. The molecule has 2 N–H and O–H groups in total. The average molecular weight is 165 g/mol. The predicted molar refractivity (Wildman–Crippen MR) is 42.8 cm³/mol. The first-order valence-corrected chi connectivity index (χ1v) is 3.50. The van der Waals surface area contributed by atoms with Crippen LogP contribution in [0.1, 0.15) is 13.1 Å². The number of aromatic nitrogens is 1. The van der Waals surface area contributed by atoms with E-state index >= 15 is 0 Å². The van der Waals surface area contributed by atoms with E-state index in [4.69, 9.17) is 17.3 Å². The fraction of sp³-hybridized carbons (Fsp3) is 0.400. The Morgan fingerprint density at radius 1 is 1.78 bits per heavy atom. The smallest absolute Gasteiger partial charge is 0.180 e. The maximum Gasteiger partial charge on any atom is 0.180 e. The molecule has 0 fully saturated rings. The number of nitrogens with zero attached hydrogens (tertiary/aromatic N) is 1. The van der Waals surface area contributed by atoms with Crippen LogP contribution < -0.4 is 5.73 Å². The van der Waals surface area contributed by atoms with E-state index in [1.54, 1.807) is 0 Å². The normalized spacial score (nSPS) is 8.56. The van der Waals surface area contributed by atoms with Crippen molar-refractivity contribution in [1.82, 2.24) is 4.98 Å². The monoisotopic (exact) mass is 164 g/mol. The number of thiazole rings is 1. The fourth-order valence-electron chi connectivity index (χ4n) is 0.384. The van der Waals surface area contributed by atoms with Gasteiger partial charge in [-0.05, 0) is 0 Å². The number of alkyl halides is 1. The predicted octanol–water partition coefficient (Wildman–Crippen LogP) is 2.10. The Bertz CT molecular complexity index is 175. The number of anilines is 1. The molecular weight excluding hydrogens is 156 g/mol. The van der Waals surface area contributed by atoms with E-state index in [0.717, 1.165) is 5.69 Å². The fourth-order valence-corrected chi connectivity index (χ4v) is 1.18. The zero-order chi connectivity index (χ0) is 5.98. The van der Waals surface area contributed by atoms with Crippen LogP contribution in [0.2, 0.25) is 0 Å². The van der Waals surface area contributed by atoms with Gasteiger partial charge in [-0.1, -0.05) is 7.43 Å². The molecule has 1 heterocycles. The van der Waals surface area contributed by atoms with Gasteiger partial charge in [0.25, 0.3) is 0 Å². The van der Waals surface area contributed by atoms with Crippen molar-refractivity contribution in [3.05, 3.63) is 11.1 Å². The molecular formula is C5H9ClN2S. The van der Waals surface area contributed by atoms with Crippen molar-refractivity contribution in [1.29, 1.82) is 0 Å². The summed E-state index contributed by atoms with van der Waals surface area (Å²) in [6.07, 6.45) is 0. The topological polar surface area (TPSA) is 38.9 Å². The molecule has 0 amide bonds. The summed E-state index contributed by atoms with van der Waals surface area (Å²) >= 11 is 6.84. The Morgan fingerprint density at radius 3 is 2.67 bits per heavy atom. The molecule has 0 spiro atoms. The number of nitrogens with two attached hydrogens (primary N) is 1. The third-order valence-electron chi connectivity index (χ3n) is 0.706. The lowest BCUT2D eigenvalue weighted by atomic mass is 10.6. The van der Waals surface area contributed by atoms with E-state index in [1.807, 2.05) is 5.38 Å². The Morgan fingerprint density at radius 2 is 2.44 bits per heavy atom. The van der Waals surface area contributed by atoms with E-state index in [1.165, 1.54) is 11.3 Å². The van der Waals surface area contributed by atoms with Crippen molar-refractivity contribution < 1.29 is 0 Å². The van der Waals surface area contributed by atoms with Crippen molar-refractivity contribution in [2.24, 2.45) is 0 Å². The summed E-state index contributed by atoms with van der Waals surface area (Å²) in [6, 6.07) is 0. The highest BCUT2D eigenvalue weighted by Crippen LogP contribution is 2.11. The van der Waals surface area contributed by atoms with Gasteiger partial charge in [-0.3, -0.25) is 0 Å². The summed E-state index contributed by atoms with van der Waals surface area (Å²) in [5, 5.41) is 2.43. The van der Waals surface area contributed by atoms with Crippen LogP contribution in [0.5, 0.6) is 0 Å². The van der Waals surface area contributed by atoms with Gasteiger partial charge < -0.3 is 5.73 Å². The molecule has 9 heavy (non-hydrogen) atoms. The summed E-state index contributed by atoms with van der Waals surface area (Å²) in [6.45, 7) is 0. The first-order valence-electron chi connectivity index (χ1n) is 2.09. The van der Waals surface area contributed by atoms with Crippen molar-refractivity contribution in [2.45, 2.75) is 13.3 Å². The van der Waals surface area contributed by atoms with E-state index in [9.17, 15) is 0 Å². The molecule has 52 valence electrons. The van der Waals surface area contributed by atoms with E-state index in [-0.39, 0.29) is 7.43 Å². The molecule has 0 unspecified atom stereocenters. The lowest BCUT2D eigenvalue weighted by Crippen LogP contribution is -1.82. The molecule has 0 saturated heterocycles. The molecule has 2 nitrogen and oxygen atoms in total. The third-order valence-corrected chi connectivity index (χ3v) is 1.70. The molecule has 1 rings (SSSR count). The van der Waals surface area contributed by atoms with Crippen molar-refractivity contribution in [2.75, 3.05) is 5.73 Å². The Labute approximate surface area is 63.7 Å². The Hall–Kier alpha value is -0.280. The zero-order valence-corrected chi connectivity index (χ0v) is 5.67. The second-order valence-corrected chi connectivity index (χ2v) is 2.47. The molecule has 4 heteroatoms. The SMILES string of the molecule is C.Nc1nc(CCl)cs1. The van der Waals surface area contributed by atoms with E-state index < -0.39 is 0 Å². The summed E-state index contributed by atoms with van der Waals surface area (Å²) in [5.41, 5.74) is 6.16. The van der Waals surface area contributed by atoms with E-state index in [2.05, 4.69) is 4.98 Å². The van der Waals surface area contributed by atoms with Gasteiger partial charge in [0.05, 0.1) is 11.6 Å². The number of rotatable bonds is 1. The van der Waals surface area contributed by atoms with Crippen LogP contribution in [0.3, 0.4) is 0 Å². The van der Waals surface area contributed by atoms with Gasteiger partial charge in [0.15, 0.2) is 5.13 Å². The molecule has 0 atom stereocenters. The molecule has 0 aliphatic rings. The van der Waals surface area contributed by atoms with Crippen molar-refractivity contribution in [3.8, 4) is 0 Å². The minimum atomic E-state index is 0. The summed E-state index contributed by atoms with van der Waals surface area (Å²) in [7, 11) is 0. The lowest BCUT2D eigenvalue weighted by Gasteiger charge is -1.77. The van der Waals surface area contributed by atoms with Crippen LogP contribution in [0, 0.1) is 0 Å². The van der Waals surface area contributed by atoms with Crippen molar-refractivity contribution >= 4 is 28.1 Å². The molecule has 1 aromatic rings. The molecule has 0 bridgehead atoms. The number of halogens is 1. The van der Waals surface area contributed by atoms with Crippen LogP contribution in [-0.2, 0) is 5.88 Å². The highest BCUT2D eigenvalue weighted by molar-refractivity contribution is 7.13. The summed E-state index contributed by atoms with van der Waals surface area (Å²) < 4.78 is 0. The molecule has 1 aromatic heterocycles. The van der Waals surface area contributed by atoms with Crippen LogP contribution in [0.15, 0.2) is 5.38 Å². The standard InChI is InChI=1S/C4H5ClN2S.CH4/c5-1-3-2-8-4(6)7-3;/h2H,1H2,(H2,6,7);1H4. The Balaban J connectivity index is 0.000000640. The highest BCUT2D eigenvalue weighted by Gasteiger charge is 1.93. The summed E-state index contributed by atoms with van der Waals surface area (Å²) in [5.74, 6) is 0.452. The average Bonchev–Trinajstić information content (AvgIpc) is 2.14. The Kier molecular flexibility index (Phi) is 3.58. The molecule has 0 aromatic carbocycles. The first-order chi connectivity index (χ1) is 3.83. The number of hydrogen-bond acceptors (Lipinski definition) is 3. The van der Waals surface area contributed by atoms with Crippen LogP contribution in [-0.4, -0.2) is 4.98 Å². The van der Waals surface area contributed by atoms with Crippen molar-refractivity contribution in [3.63, 3.8) is 0 Å². The molecule has 0 saturated carbocycles. The van der Waals surface area contributed by atoms with E-state index in [0.29, 0.717) is 11.0 Å². The van der Waals surface area contributed by atoms with Crippen LogP contribution >= 0.6 is 22.9 Å². The van der Waals surface area contributed by atoms with Gasteiger partial charge in [-0.2, -0.15) is 0 Å². The maximum atomic E-state index is 5.43. The van der Waals surface area contributed by atoms with Gasteiger partial charge in [0.2, 0.25) is 0 Å². The zero-order valence-electron chi connectivity index (χ0n) is 4.10. The largest absolute Gasteiger partial charge is 0.375 e. The highest BCUT2D eigenvalue weighted by atomic mass is 35.5. The maximum absolute atomic E-state index is 5.43. The van der Waals surface area contributed by atoms with Crippen LogP contribution in [0.25, 0.3) is 0 Å². The second kappa shape index (κ2) is 3.69. The molecule has 0 radical (unpaired) electrons. The minimum absolute atomic E-state index is 0. The second-order valence-electron chi connectivity index (χ2n) is 1.31. The minimum Gasteiger partial charge on any atom is -0.375 e. The quantitative estimate of drug-likeness (QED) is 0.646. The van der Waals surface area contributed by atoms with Gasteiger partial charge >= 0.3 is 0 Å². The number of nitrogen functional groups attached to an aromatic ring is 1. The van der Waals surface area contributed by atoms with Gasteiger partial charge in [-0.25, -0.2) is 4.98 Å². The third kappa shape index (κ3) is 2.20. The summed E-state index contributed by atoms with van der Waals surface area (Å²) in [4.78, 5) is 3.89.